The van der Waals surface area contributed by atoms with Gasteiger partial charge in [-0.2, -0.15) is 5.10 Å². The Morgan fingerprint density at radius 2 is 1.96 bits per heavy atom. The van der Waals surface area contributed by atoms with E-state index in [1.54, 1.807) is 22.7 Å². The number of halogens is 2. The van der Waals surface area contributed by atoms with Crippen molar-refractivity contribution >= 4 is 45.0 Å². The maximum absolute atomic E-state index is 13.6. The van der Waals surface area contributed by atoms with E-state index in [0.29, 0.717) is 22.9 Å². The smallest absolute Gasteiger partial charge is 0.280 e. The number of thiazole rings is 1. The highest BCUT2D eigenvalue weighted by molar-refractivity contribution is 7.22. The van der Waals surface area contributed by atoms with E-state index in [1.807, 2.05) is 13.1 Å². The highest BCUT2D eigenvalue weighted by Gasteiger charge is 2.25. The standard InChI is InChI=1S/C19H24FN5OS.ClH/c1-5-24(6-2)9-10-25(18(26)17-13(3)12-23(4)22-17)19-21-15-8-7-14(20)11-16(15)27-19;/h7-8,11-12H,5-6,9-10H2,1-4H3;1H. The van der Waals surface area contributed by atoms with Crippen molar-refractivity contribution in [3.63, 3.8) is 0 Å². The predicted molar refractivity (Wildman–Crippen MR) is 114 cm³/mol. The van der Waals surface area contributed by atoms with Gasteiger partial charge in [0.1, 0.15) is 5.82 Å². The lowest BCUT2D eigenvalue weighted by Crippen LogP contribution is -2.39. The Hall–Kier alpha value is -2.03. The lowest BCUT2D eigenvalue weighted by molar-refractivity contribution is 0.0977. The number of hydrogen-bond acceptors (Lipinski definition) is 5. The van der Waals surface area contributed by atoms with Crippen molar-refractivity contribution in [2.45, 2.75) is 20.8 Å². The van der Waals surface area contributed by atoms with Crippen molar-refractivity contribution in [3.05, 3.63) is 41.5 Å². The molecular formula is C19H25ClFN5OS. The first-order chi connectivity index (χ1) is 12.9. The third kappa shape index (κ3) is 4.68. The Bertz CT molecular complexity index is 953. The number of rotatable bonds is 7. The molecule has 28 heavy (non-hydrogen) atoms. The Morgan fingerprint density at radius 3 is 2.57 bits per heavy atom. The second-order valence-corrected chi connectivity index (χ2v) is 7.44. The molecule has 0 saturated heterocycles. The first kappa shape index (κ1) is 22.3. The number of fused-ring (bicyclic) bond motifs is 1. The molecule has 0 fully saturated rings. The van der Waals surface area contributed by atoms with Crippen LogP contribution in [0.15, 0.2) is 24.4 Å². The van der Waals surface area contributed by atoms with Gasteiger partial charge in [-0.25, -0.2) is 9.37 Å². The highest BCUT2D eigenvalue weighted by atomic mass is 35.5. The molecule has 9 heteroatoms. The molecule has 0 radical (unpaired) electrons. The molecule has 0 aliphatic heterocycles. The second kappa shape index (κ2) is 9.45. The van der Waals surface area contributed by atoms with Gasteiger partial charge in [-0.1, -0.05) is 25.2 Å². The SMILES string of the molecule is CCN(CC)CCN(C(=O)c1nn(C)cc1C)c1nc2ccc(F)cc2s1.Cl. The summed E-state index contributed by atoms with van der Waals surface area (Å²) in [6, 6.07) is 4.48. The molecule has 0 saturated carbocycles. The predicted octanol–water partition coefficient (Wildman–Crippen LogP) is 3.89. The number of carbonyl (C=O) groups excluding carboxylic acids is 1. The van der Waals surface area contributed by atoms with Gasteiger partial charge in [-0.15, -0.1) is 12.4 Å². The number of aryl methyl sites for hydroxylation is 2. The average Bonchev–Trinajstić information content (AvgIpc) is 3.20. The number of nitrogens with zero attached hydrogens (tertiary/aromatic N) is 5. The summed E-state index contributed by atoms with van der Waals surface area (Å²) in [5, 5.41) is 4.89. The summed E-state index contributed by atoms with van der Waals surface area (Å²) in [5.41, 5.74) is 1.93. The third-order valence-corrected chi connectivity index (χ3v) is 5.60. The molecule has 6 nitrogen and oxygen atoms in total. The van der Waals surface area contributed by atoms with Crippen LogP contribution in [0.5, 0.6) is 0 Å². The minimum Gasteiger partial charge on any atom is -0.302 e. The van der Waals surface area contributed by atoms with E-state index in [-0.39, 0.29) is 24.1 Å². The zero-order valence-corrected chi connectivity index (χ0v) is 18.1. The molecular weight excluding hydrogens is 401 g/mol. The monoisotopic (exact) mass is 425 g/mol. The molecule has 1 aromatic carbocycles. The van der Waals surface area contributed by atoms with Crippen molar-refractivity contribution in [2.24, 2.45) is 7.05 Å². The summed E-state index contributed by atoms with van der Waals surface area (Å²) in [6.07, 6.45) is 1.82. The fourth-order valence-electron chi connectivity index (χ4n) is 3.01. The topological polar surface area (TPSA) is 54.3 Å². The average molecular weight is 426 g/mol. The van der Waals surface area contributed by atoms with Crippen LogP contribution in [0.3, 0.4) is 0 Å². The van der Waals surface area contributed by atoms with Gasteiger partial charge in [-0.3, -0.25) is 14.4 Å². The van der Waals surface area contributed by atoms with Crippen LogP contribution in [0, 0.1) is 12.7 Å². The summed E-state index contributed by atoms with van der Waals surface area (Å²) in [7, 11) is 1.80. The Kier molecular flexibility index (Phi) is 7.51. The second-order valence-electron chi connectivity index (χ2n) is 6.43. The maximum atomic E-state index is 13.6. The van der Waals surface area contributed by atoms with Crippen molar-refractivity contribution in [3.8, 4) is 0 Å². The van der Waals surface area contributed by atoms with E-state index < -0.39 is 0 Å². The van der Waals surface area contributed by atoms with E-state index >= 15 is 0 Å². The zero-order valence-electron chi connectivity index (χ0n) is 16.5. The summed E-state index contributed by atoms with van der Waals surface area (Å²) in [6.45, 7) is 9.11. The quantitative estimate of drug-likeness (QED) is 0.576. The van der Waals surface area contributed by atoms with E-state index in [0.717, 1.165) is 29.9 Å². The van der Waals surface area contributed by atoms with E-state index in [2.05, 4.69) is 28.8 Å². The van der Waals surface area contributed by atoms with E-state index in [9.17, 15) is 9.18 Å². The maximum Gasteiger partial charge on any atom is 0.280 e. The van der Waals surface area contributed by atoms with Crippen LogP contribution < -0.4 is 4.90 Å². The molecule has 0 bridgehead atoms. The largest absolute Gasteiger partial charge is 0.302 e. The van der Waals surface area contributed by atoms with Crippen molar-refractivity contribution in [1.82, 2.24) is 19.7 Å². The molecule has 0 spiro atoms. The number of amides is 1. The highest BCUT2D eigenvalue weighted by Crippen LogP contribution is 2.30. The molecule has 2 heterocycles. The molecule has 2 aromatic heterocycles. The van der Waals surface area contributed by atoms with Gasteiger partial charge in [-0.05, 0) is 38.2 Å². The fraction of sp³-hybridized carbons (Fsp3) is 0.421. The van der Waals surface area contributed by atoms with Gasteiger partial charge in [0.15, 0.2) is 10.8 Å². The van der Waals surface area contributed by atoms with E-state index in [4.69, 9.17) is 0 Å². The first-order valence-corrected chi connectivity index (χ1v) is 9.85. The molecule has 0 aliphatic rings. The van der Waals surface area contributed by atoms with Crippen molar-refractivity contribution in [1.29, 1.82) is 0 Å². The first-order valence-electron chi connectivity index (χ1n) is 9.03. The number of benzene rings is 1. The van der Waals surface area contributed by atoms with Crippen LogP contribution in [0.4, 0.5) is 9.52 Å². The molecule has 3 rings (SSSR count). The lowest BCUT2D eigenvalue weighted by Gasteiger charge is -2.24. The lowest BCUT2D eigenvalue weighted by atomic mass is 10.2. The van der Waals surface area contributed by atoms with Gasteiger partial charge < -0.3 is 4.90 Å². The summed E-state index contributed by atoms with van der Waals surface area (Å²) < 4.78 is 15.9. The number of likely N-dealkylation sites (N-methyl/N-ethyl adjacent to an activating group) is 1. The van der Waals surface area contributed by atoms with Crippen LogP contribution in [-0.2, 0) is 7.05 Å². The van der Waals surface area contributed by atoms with Gasteiger partial charge in [0.25, 0.3) is 5.91 Å². The van der Waals surface area contributed by atoms with Gasteiger partial charge in [0.2, 0.25) is 0 Å². The summed E-state index contributed by atoms with van der Waals surface area (Å²) in [4.78, 5) is 21.7. The molecule has 0 aliphatic carbocycles. The summed E-state index contributed by atoms with van der Waals surface area (Å²) in [5.74, 6) is -0.487. The fourth-order valence-corrected chi connectivity index (χ4v) is 4.03. The minimum absolute atomic E-state index is 0. The number of aromatic nitrogens is 3. The number of carbonyl (C=O) groups is 1. The van der Waals surface area contributed by atoms with Crippen LogP contribution in [0.2, 0.25) is 0 Å². The molecule has 0 atom stereocenters. The van der Waals surface area contributed by atoms with Crippen LogP contribution in [-0.4, -0.2) is 51.8 Å². The van der Waals surface area contributed by atoms with Gasteiger partial charge in [0, 0.05) is 31.9 Å². The van der Waals surface area contributed by atoms with Crippen LogP contribution in [0.25, 0.3) is 10.2 Å². The number of hydrogen-bond donors (Lipinski definition) is 0. The molecule has 0 N–H and O–H groups in total. The Labute approximate surface area is 174 Å². The number of anilines is 1. The molecule has 1 amide bonds. The van der Waals surface area contributed by atoms with E-state index in [1.165, 1.54) is 23.5 Å². The normalized spacial score (nSPS) is 11.1. The minimum atomic E-state index is -0.306. The summed E-state index contributed by atoms with van der Waals surface area (Å²) >= 11 is 1.32. The van der Waals surface area contributed by atoms with Crippen molar-refractivity contribution < 1.29 is 9.18 Å². The molecule has 0 unspecified atom stereocenters. The van der Waals surface area contributed by atoms with Crippen molar-refractivity contribution in [2.75, 3.05) is 31.1 Å². The Balaban J connectivity index is 0.00000280. The molecule has 152 valence electrons. The zero-order chi connectivity index (χ0) is 19.6. The van der Waals surface area contributed by atoms with Gasteiger partial charge >= 0.3 is 0 Å². The van der Waals surface area contributed by atoms with Crippen LogP contribution >= 0.6 is 23.7 Å². The molecule has 3 aromatic rings. The Morgan fingerprint density at radius 1 is 1.25 bits per heavy atom. The van der Waals surface area contributed by atoms with Gasteiger partial charge in [0.05, 0.1) is 10.2 Å². The van der Waals surface area contributed by atoms with Crippen LogP contribution in [0.1, 0.15) is 29.9 Å². The third-order valence-electron chi connectivity index (χ3n) is 4.56.